The fourth-order valence-electron chi connectivity index (χ4n) is 2.45. The molecule has 2 aliphatic heterocycles. The van der Waals surface area contributed by atoms with Gasteiger partial charge in [-0.3, -0.25) is 9.98 Å². The fourth-order valence-corrected chi connectivity index (χ4v) is 2.45. The third kappa shape index (κ3) is 1.28. The summed E-state index contributed by atoms with van der Waals surface area (Å²) in [6, 6.07) is 0. The van der Waals surface area contributed by atoms with Crippen LogP contribution in [0, 0.1) is 5.92 Å². The molecule has 0 aromatic heterocycles. The molecule has 82 valence electrons. The first kappa shape index (κ1) is 9.58. The number of allylic oxidation sites excluding steroid dienone is 4. The number of hydrogen-bond acceptors (Lipinski definition) is 3. The molecule has 3 rings (SSSR count). The van der Waals surface area contributed by atoms with Crippen molar-refractivity contribution in [2.24, 2.45) is 15.9 Å². The van der Waals surface area contributed by atoms with Crippen LogP contribution in [0.2, 0.25) is 0 Å². The zero-order chi connectivity index (χ0) is 11.1. The van der Waals surface area contributed by atoms with E-state index in [2.05, 4.69) is 16.1 Å². The lowest BCUT2D eigenvalue weighted by atomic mass is 9.88. The van der Waals surface area contributed by atoms with Crippen LogP contribution in [-0.2, 0) is 4.74 Å². The van der Waals surface area contributed by atoms with Crippen molar-refractivity contribution in [3.63, 3.8) is 0 Å². The zero-order valence-corrected chi connectivity index (χ0v) is 9.53. The highest BCUT2D eigenvalue weighted by atomic mass is 16.5. The maximum Gasteiger partial charge on any atom is 0.120 e. The number of ether oxygens (including phenoxy) is 1. The summed E-state index contributed by atoms with van der Waals surface area (Å²) in [6.45, 7) is 2.94. The topological polar surface area (TPSA) is 34.0 Å². The predicted molar refractivity (Wildman–Crippen MR) is 64.8 cm³/mol. The normalized spacial score (nSPS) is 26.9. The number of dihydropyridines is 1. The molecule has 3 heteroatoms. The van der Waals surface area contributed by atoms with Gasteiger partial charge in [-0.25, -0.2) is 0 Å². The fraction of sp³-hybridized carbons (Fsp3) is 0.385. The van der Waals surface area contributed by atoms with Crippen molar-refractivity contribution in [2.75, 3.05) is 13.7 Å². The first-order valence-corrected chi connectivity index (χ1v) is 5.56. The van der Waals surface area contributed by atoms with Crippen LogP contribution in [0.25, 0.3) is 0 Å². The summed E-state index contributed by atoms with van der Waals surface area (Å²) in [5.41, 5.74) is 4.69. The molecule has 3 nitrogen and oxygen atoms in total. The van der Waals surface area contributed by atoms with Crippen LogP contribution in [0.5, 0.6) is 0 Å². The van der Waals surface area contributed by atoms with E-state index < -0.39 is 0 Å². The smallest absolute Gasteiger partial charge is 0.120 e. The van der Waals surface area contributed by atoms with Crippen molar-refractivity contribution in [2.45, 2.75) is 13.3 Å². The number of hydrogen-bond donors (Lipinski definition) is 0. The highest BCUT2D eigenvalue weighted by Gasteiger charge is 2.31. The van der Waals surface area contributed by atoms with Crippen LogP contribution in [-0.4, -0.2) is 25.1 Å². The second kappa shape index (κ2) is 3.44. The molecule has 0 saturated heterocycles. The van der Waals surface area contributed by atoms with E-state index in [0.717, 1.165) is 35.8 Å². The molecule has 0 radical (unpaired) electrons. The minimum atomic E-state index is 0.361. The summed E-state index contributed by atoms with van der Waals surface area (Å²) in [4.78, 5) is 9.11. The van der Waals surface area contributed by atoms with E-state index in [1.807, 2.05) is 19.1 Å². The van der Waals surface area contributed by atoms with Gasteiger partial charge in [0, 0.05) is 18.5 Å². The van der Waals surface area contributed by atoms with Gasteiger partial charge in [0.2, 0.25) is 0 Å². The molecule has 1 unspecified atom stereocenters. The van der Waals surface area contributed by atoms with Crippen molar-refractivity contribution in [3.05, 3.63) is 35.3 Å². The first-order chi connectivity index (χ1) is 7.79. The van der Waals surface area contributed by atoms with Crippen LogP contribution in [0.15, 0.2) is 45.2 Å². The van der Waals surface area contributed by atoms with E-state index in [9.17, 15) is 0 Å². The molecule has 16 heavy (non-hydrogen) atoms. The maximum atomic E-state index is 5.22. The second-order valence-corrected chi connectivity index (χ2v) is 4.22. The Labute approximate surface area is 94.9 Å². The average molecular weight is 214 g/mol. The van der Waals surface area contributed by atoms with E-state index >= 15 is 0 Å². The second-order valence-electron chi connectivity index (χ2n) is 4.22. The molecular formula is C13H14N2O. The molecule has 0 bridgehead atoms. The van der Waals surface area contributed by atoms with Crippen LogP contribution in [0.3, 0.4) is 0 Å². The minimum Gasteiger partial charge on any atom is -0.497 e. The molecule has 0 N–H and O–H groups in total. The first-order valence-electron chi connectivity index (χ1n) is 5.56. The Morgan fingerprint density at radius 3 is 3.12 bits per heavy atom. The van der Waals surface area contributed by atoms with Gasteiger partial charge in [0.15, 0.2) is 0 Å². The highest BCUT2D eigenvalue weighted by Crippen LogP contribution is 2.35. The Morgan fingerprint density at radius 2 is 2.31 bits per heavy atom. The van der Waals surface area contributed by atoms with Crippen molar-refractivity contribution in [1.29, 1.82) is 0 Å². The van der Waals surface area contributed by atoms with Gasteiger partial charge in [0.1, 0.15) is 5.76 Å². The van der Waals surface area contributed by atoms with Crippen LogP contribution in [0.4, 0.5) is 0 Å². The number of methoxy groups -OCH3 is 1. The summed E-state index contributed by atoms with van der Waals surface area (Å²) in [6.07, 6.45) is 7.26. The van der Waals surface area contributed by atoms with Gasteiger partial charge in [0.05, 0.1) is 24.2 Å². The summed E-state index contributed by atoms with van der Waals surface area (Å²) in [5.74, 6) is 1.24. The van der Waals surface area contributed by atoms with Gasteiger partial charge in [-0.15, -0.1) is 0 Å². The van der Waals surface area contributed by atoms with Crippen LogP contribution in [0.1, 0.15) is 13.3 Å². The predicted octanol–water partition coefficient (Wildman–Crippen LogP) is 2.28. The summed E-state index contributed by atoms with van der Waals surface area (Å²) in [7, 11) is 1.69. The van der Waals surface area contributed by atoms with Crippen molar-refractivity contribution in [3.8, 4) is 0 Å². The molecule has 0 aromatic carbocycles. The van der Waals surface area contributed by atoms with E-state index in [1.165, 1.54) is 5.57 Å². The van der Waals surface area contributed by atoms with Crippen LogP contribution < -0.4 is 0 Å². The Bertz CT molecular complexity index is 492. The lowest BCUT2D eigenvalue weighted by molar-refractivity contribution is 0.306. The molecule has 0 amide bonds. The van der Waals surface area contributed by atoms with Gasteiger partial charge >= 0.3 is 0 Å². The number of rotatable bonds is 1. The Morgan fingerprint density at radius 1 is 1.44 bits per heavy atom. The molecule has 0 spiro atoms. The average Bonchev–Trinajstić information content (AvgIpc) is 2.68. The van der Waals surface area contributed by atoms with Crippen molar-refractivity contribution in [1.82, 2.24) is 0 Å². The summed E-state index contributed by atoms with van der Waals surface area (Å²) < 4.78 is 5.22. The van der Waals surface area contributed by atoms with E-state index in [-0.39, 0.29) is 0 Å². The molecule has 0 saturated carbocycles. The molecule has 0 fully saturated rings. The largest absolute Gasteiger partial charge is 0.497 e. The maximum absolute atomic E-state index is 5.22. The quantitative estimate of drug-likeness (QED) is 0.659. The summed E-state index contributed by atoms with van der Waals surface area (Å²) in [5, 5.41) is 0. The van der Waals surface area contributed by atoms with Gasteiger partial charge in [-0.05, 0) is 25.0 Å². The van der Waals surface area contributed by atoms with Gasteiger partial charge < -0.3 is 4.74 Å². The summed E-state index contributed by atoms with van der Waals surface area (Å²) >= 11 is 0. The third-order valence-corrected chi connectivity index (χ3v) is 3.29. The van der Waals surface area contributed by atoms with Gasteiger partial charge in [0.25, 0.3) is 0 Å². The lowest BCUT2D eigenvalue weighted by Gasteiger charge is -2.17. The Kier molecular flexibility index (Phi) is 2.06. The number of aliphatic imine (C=N–C) groups is 2. The SMILES string of the molecule is COC1=CC2=NC3=C(CCN=C3C)C2C=C1. The minimum absolute atomic E-state index is 0.361. The third-order valence-electron chi connectivity index (χ3n) is 3.29. The molecule has 1 atom stereocenters. The Hall–Kier alpha value is -1.64. The van der Waals surface area contributed by atoms with Crippen molar-refractivity contribution < 1.29 is 4.74 Å². The number of fused-ring (bicyclic) bond motifs is 2. The molecule has 0 aromatic rings. The van der Waals surface area contributed by atoms with E-state index in [1.54, 1.807) is 7.11 Å². The molecule has 3 aliphatic rings. The molecular weight excluding hydrogens is 200 g/mol. The number of nitrogens with zero attached hydrogens (tertiary/aromatic N) is 2. The van der Waals surface area contributed by atoms with E-state index in [4.69, 9.17) is 4.74 Å². The molecule has 1 aliphatic carbocycles. The monoisotopic (exact) mass is 214 g/mol. The van der Waals surface area contributed by atoms with E-state index in [0.29, 0.717) is 5.92 Å². The van der Waals surface area contributed by atoms with Crippen molar-refractivity contribution >= 4 is 11.4 Å². The zero-order valence-electron chi connectivity index (χ0n) is 9.53. The Balaban J connectivity index is 2.02. The highest BCUT2D eigenvalue weighted by molar-refractivity contribution is 6.11. The molecule has 2 heterocycles. The van der Waals surface area contributed by atoms with Crippen LogP contribution >= 0.6 is 0 Å². The standard InChI is InChI=1S/C13H14N2O/c1-8-13-11(5-6-14-8)10-4-3-9(16-2)7-12(10)15-13/h3-4,7,10H,5-6H2,1-2H3. The lowest BCUT2D eigenvalue weighted by Crippen LogP contribution is -2.15. The van der Waals surface area contributed by atoms with Gasteiger partial charge in [-0.1, -0.05) is 6.08 Å². The van der Waals surface area contributed by atoms with Gasteiger partial charge in [-0.2, -0.15) is 0 Å².